The van der Waals surface area contributed by atoms with Crippen molar-refractivity contribution in [3.63, 3.8) is 0 Å². The van der Waals surface area contributed by atoms with Crippen molar-refractivity contribution in [2.75, 3.05) is 0 Å². The highest BCUT2D eigenvalue weighted by molar-refractivity contribution is 7.09. The maximum atomic E-state index is 10.6. The summed E-state index contributed by atoms with van der Waals surface area (Å²) in [4.78, 5) is 15.0. The Morgan fingerprint density at radius 1 is 1.38 bits per heavy atom. The summed E-state index contributed by atoms with van der Waals surface area (Å²) in [5, 5.41) is 11.5. The first-order chi connectivity index (χ1) is 7.75. The lowest BCUT2D eigenvalue weighted by Crippen LogP contribution is -2.01. The fraction of sp³-hybridized carbons (Fsp3) is 0.667. The highest BCUT2D eigenvalue weighted by Gasteiger charge is 2.17. The molecule has 0 unspecified atom stereocenters. The van der Waals surface area contributed by atoms with E-state index in [2.05, 4.69) is 4.98 Å². The zero-order chi connectivity index (χ0) is 11.4. The van der Waals surface area contributed by atoms with E-state index in [-0.39, 0.29) is 6.42 Å². The van der Waals surface area contributed by atoms with Crippen LogP contribution in [0.1, 0.15) is 55.1 Å². The average Bonchev–Trinajstić information content (AvgIpc) is 2.53. The summed E-state index contributed by atoms with van der Waals surface area (Å²) < 4.78 is 0. The molecule has 1 saturated carbocycles. The number of aromatic nitrogens is 1. The summed E-state index contributed by atoms with van der Waals surface area (Å²) in [6, 6.07) is 0. The Bertz CT molecular complexity index is 354. The molecule has 0 aromatic carbocycles. The van der Waals surface area contributed by atoms with Gasteiger partial charge in [-0.25, -0.2) is 4.98 Å². The van der Waals surface area contributed by atoms with Gasteiger partial charge in [-0.3, -0.25) is 4.79 Å². The molecule has 0 spiro atoms. The Morgan fingerprint density at radius 3 is 2.69 bits per heavy atom. The van der Waals surface area contributed by atoms with Crippen molar-refractivity contribution in [1.29, 1.82) is 0 Å². The predicted octanol–water partition coefficient (Wildman–Crippen LogP) is 3.21. The molecule has 0 bridgehead atoms. The number of hydrogen-bond donors (Lipinski definition) is 1. The van der Waals surface area contributed by atoms with Crippen molar-refractivity contribution in [2.24, 2.45) is 0 Å². The summed E-state index contributed by atoms with van der Waals surface area (Å²) in [7, 11) is 0. The number of rotatable bonds is 3. The second-order valence-corrected chi connectivity index (χ2v) is 5.37. The lowest BCUT2D eigenvalue weighted by Gasteiger charge is -2.09. The molecule has 0 aliphatic heterocycles. The average molecular weight is 239 g/mol. The molecule has 2 rings (SSSR count). The van der Waals surface area contributed by atoms with Crippen LogP contribution < -0.4 is 0 Å². The van der Waals surface area contributed by atoms with Crippen LogP contribution in [0, 0.1) is 0 Å². The predicted molar refractivity (Wildman–Crippen MR) is 63.9 cm³/mol. The molecule has 0 atom stereocenters. The molecule has 4 heteroatoms. The van der Waals surface area contributed by atoms with Gasteiger partial charge in [0, 0.05) is 11.3 Å². The van der Waals surface area contributed by atoms with Gasteiger partial charge in [0.05, 0.1) is 12.1 Å². The summed E-state index contributed by atoms with van der Waals surface area (Å²) >= 11 is 1.49. The third-order valence-electron chi connectivity index (χ3n) is 3.15. The van der Waals surface area contributed by atoms with Crippen LogP contribution in [0.25, 0.3) is 0 Å². The fourth-order valence-electron chi connectivity index (χ4n) is 2.30. The highest BCUT2D eigenvalue weighted by atomic mass is 32.1. The smallest absolute Gasteiger partial charge is 0.310 e. The molecule has 88 valence electrons. The van der Waals surface area contributed by atoms with Gasteiger partial charge in [0.2, 0.25) is 0 Å². The molecule has 0 radical (unpaired) electrons. The van der Waals surface area contributed by atoms with E-state index in [1.165, 1.54) is 49.9 Å². The minimum atomic E-state index is -0.790. The van der Waals surface area contributed by atoms with Crippen LogP contribution in [0.2, 0.25) is 0 Å². The van der Waals surface area contributed by atoms with Crippen LogP contribution in [0.4, 0.5) is 0 Å². The maximum Gasteiger partial charge on any atom is 0.310 e. The van der Waals surface area contributed by atoms with E-state index in [1.807, 2.05) is 5.38 Å². The summed E-state index contributed by atoms with van der Waals surface area (Å²) in [5.41, 5.74) is 1.13. The Hall–Kier alpha value is -0.900. The van der Waals surface area contributed by atoms with Crippen LogP contribution in [0.15, 0.2) is 5.38 Å². The van der Waals surface area contributed by atoms with E-state index in [9.17, 15) is 4.79 Å². The Balaban J connectivity index is 2.02. The minimum absolute atomic E-state index is 0.0669. The van der Waals surface area contributed by atoms with Crippen LogP contribution in [0.3, 0.4) is 0 Å². The van der Waals surface area contributed by atoms with E-state index < -0.39 is 5.97 Å². The summed E-state index contributed by atoms with van der Waals surface area (Å²) in [6.45, 7) is 0. The fourth-order valence-corrected chi connectivity index (χ4v) is 3.17. The number of carboxylic acid groups (broad SMARTS) is 1. The molecule has 1 aromatic rings. The molecule has 1 heterocycles. The largest absolute Gasteiger partial charge is 0.481 e. The maximum absolute atomic E-state index is 10.6. The highest BCUT2D eigenvalue weighted by Crippen LogP contribution is 2.32. The number of carbonyl (C=O) groups is 1. The topological polar surface area (TPSA) is 50.2 Å². The van der Waals surface area contributed by atoms with Gasteiger partial charge in [-0.15, -0.1) is 11.3 Å². The van der Waals surface area contributed by atoms with Crippen molar-refractivity contribution >= 4 is 17.3 Å². The van der Waals surface area contributed by atoms with Crippen LogP contribution in [0.5, 0.6) is 0 Å². The Labute approximate surface area is 99.5 Å². The van der Waals surface area contributed by atoms with Crippen LogP contribution >= 0.6 is 11.3 Å². The molecule has 16 heavy (non-hydrogen) atoms. The lowest BCUT2D eigenvalue weighted by molar-refractivity contribution is -0.136. The van der Waals surface area contributed by atoms with E-state index in [4.69, 9.17) is 5.11 Å². The quantitative estimate of drug-likeness (QED) is 0.824. The molecule has 1 fully saturated rings. The molecular weight excluding hydrogens is 222 g/mol. The first-order valence-corrected chi connectivity index (χ1v) is 6.80. The van der Waals surface area contributed by atoms with Crippen molar-refractivity contribution in [3.05, 3.63) is 16.1 Å². The number of aliphatic carboxylic acids is 1. The number of carboxylic acids is 1. The normalized spacial score (nSPS) is 18.2. The number of thiazole rings is 1. The lowest BCUT2D eigenvalue weighted by atomic mass is 9.98. The van der Waals surface area contributed by atoms with E-state index >= 15 is 0 Å². The van der Waals surface area contributed by atoms with Gasteiger partial charge >= 0.3 is 5.97 Å². The van der Waals surface area contributed by atoms with Gasteiger partial charge < -0.3 is 5.11 Å². The zero-order valence-electron chi connectivity index (χ0n) is 9.32. The number of hydrogen-bond acceptors (Lipinski definition) is 3. The first-order valence-electron chi connectivity index (χ1n) is 5.92. The Kier molecular flexibility index (Phi) is 3.93. The third kappa shape index (κ3) is 3.04. The molecule has 3 nitrogen and oxygen atoms in total. The third-order valence-corrected chi connectivity index (χ3v) is 4.01. The monoisotopic (exact) mass is 239 g/mol. The van der Waals surface area contributed by atoms with Crippen molar-refractivity contribution in [2.45, 2.75) is 50.9 Å². The van der Waals surface area contributed by atoms with E-state index in [1.54, 1.807) is 0 Å². The Morgan fingerprint density at radius 2 is 2.06 bits per heavy atom. The van der Waals surface area contributed by atoms with Crippen molar-refractivity contribution in [3.8, 4) is 0 Å². The zero-order valence-corrected chi connectivity index (χ0v) is 10.1. The molecule has 1 aliphatic carbocycles. The van der Waals surface area contributed by atoms with Gasteiger partial charge in [-0.2, -0.15) is 0 Å². The molecule has 1 N–H and O–H groups in total. The summed E-state index contributed by atoms with van der Waals surface area (Å²) in [6.07, 6.45) is 7.75. The van der Waals surface area contributed by atoms with Crippen molar-refractivity contribution < 1.29 is 9.90 Å². The first kappa shape index (κ1) is 11.6. The van der Waals surface area contributed by atoms with E-state index in [0.29, 0.717) is 5.92 Å². The standard InChI is InChI=1S/C12H17NO2S/c14-12(15)7-11-13-10(8-16-11)9-5-3-1-2-4-6-9/h8-9H,1-7H2,(H,14,15). The number of nitrogens with zero attached hydrogens (tertiary/aromatic N) is 1. The molecule has 0 saturated heterocycles. The van der Waals surface area contributed by atoms with Crippen LogP contribution in [-0.4, -0.2) is 16.1 Å². The second-order valence-electron chi connectivity index (χ2n) is 4.43. The van der Waals surface area contributed by atoms with Crippen molar-refractivity contribution in [1.82, 2.24) is 4.98 Å². The van der Waals surface area contributed by atoms with Gasteiger partial charge in [-0.1, -0.05) is 25.7 Å². The second kappa shape index (κ2) is 5.43. The van der Waals surface area contributed by atoms with Crippen LogP contribution in [-0.2, 0) is 11.2 Å². The summed E-state index contributed by atoms with van der Waals surface area (Å²) in [5.74, 6) is -0.219. The molecule has 1 aliphatic rings. The molecule has 0 amide bonds. The van der Waals surface area contributed by atoms with Gasteiger partial charge in [0.15, 0.2) is 0 Å². The SMILES string of the molecule is O=C(O)Cc1nc(C2CCCCCC2)cs1. The van der Waals surface area contributed by atoms with E-state index in [0.717, 1.165) is 10.7 Å². The molecular formula is C12H17NO2S. The minimum Gasteiger partial charge on any atom is -0.481 e. The van der Waals surface area contributed by atoms with Gasteiger partial charge in [0.25, 0.3) is 0 Å². The van der Waals surface area contributed by atoms with Gasteiger partial charge in [-0.05, 0) is 12.8 Å². The van der Waals surface area contributed by atoms with Gasteiger partial charge in [0.1, 0.15) is 5.01 Å². The molecule has 1 aromatic heterocycles.